The standard InChI is InChI=1S/C23H21NO3S/c1-26-18-12-8-16(9-13-18)22-14-20(15-6-10-17(25)11-7-15)24-19-4-3-5-21(27-2)23(19)28-22/h3-13,22,25H,14H2,1-2H3. The molecule has 1 unspecified atom stereocenters. The molecular formula is C23H21NO3S. The van der Waals surface area contributed by atoms with Crippen LogP contribution in [0.5, 0.6) is 17.2 Å². The second-order valence-electron chi connectivity index (χ2n) is 6.50. The van der Waals surface area contributed by atoms with E-state index in [0.717, 1.165) is 39.8 Å². The summed E-state index contributed by atoms with van der Waals surface area (Å²) in [6.07, 6.45) is 0.763. The Bertz CT molecular complexity index is 997. The number of fused-ring (bicyclic) bond motifs is 1. The predicted octanol–water partition coefficient (Wildman–Crippen LogP) is 5.77. The van der Waals surface area contributed by atoms with Crippen molar-refractivity contribution in [1.82, 2.24) is 0 Å². The van der Waals surface area contributed by atoms with Crippen LogP contribution in [0.3, 0.4) is 0 Å². The van der Waals surface area contributed by atoms with Crippen LogP contribution < -0.4 is 9.47 Å². The zero-order valence-electron chi connectivity index (χ0n) is 15.8. The highest BCUT2D eigenvalue weighted by atomic mass is 32.2. The lowest BCUT2D eigenvalue weighted by atomic mass is 10.0. The van der Waals surface area contributed by atoms with Gasteiger partial charge < -0.3 is 14.6 Å². The Morgan fingerprint density at radius 1 is 0.929 bits per heavy atom. The molecule has 1 heterocycles. The van der Waals surface area contributed by atoms with Gasteiger partial charge in [-0.3, -0.25) is 4.99 Å². The predicted molar refractivity (Wildman–Crippen MR) is 114 cm³/mol. The summed E-state index contributed by atoms with van der Waals surface area (Å²) >= 11 is 1.77. The maximum Gasteiger partial charge on any atom is 0.134 e. The summed E-state index contributed by atoms with van der Waals surface area (Å²) in [5.41, 5.74) is 4.10. The first-order valence-electron chi connectivity index (χ1n) is 9.02. The van der Waals surface area contributed by atoms with Crippen molar-refractivity contribution in [3.05, 3.63) is 77.9 Å². The minimum absolute atomic E-state index is 0.177. The molecule has 3 aromatic carbocycles. The SMILES string of the molecule is COc1ccc(C2CC(c3ccc(O)cc3)=Nc3cccc(OC)c3S2)cc1. The third kappa shape index (κ3) is 3.71. The Balaban J connectivity index is 1.80. The first-order valence-corrected chi connectivity index (χ1v) is 9.90. The maximum atomic E-state index is 9.64. The van der Waals surface area contributed by atoms with Crippen LogP contribution in [0.25, 0.3) is 0 Å². The second kappa shape index (κ2) is 7.98. The van der Waals surface area contributed by atoms with Crippen LogP contribution in [-0.4, -0.2) is 25.0 Å². The molecule has 0 bridgehead atoms. The molecule has 28 heavy (non-hydrogen) atoms. The molecule has 0 radical (unpaired) electrons. The lowest BCUT2D eigenvalue weighted by Crippen LogP contribution is -2.05. The van der Waals surface area contributed by atoms with Crippen molar-refractivity contribution in [3.63, 3.8) is 0 Å². The molecule has 0 saturated heterocycles. The number of aromatic hydroxyl groups is 1. The van der Waals surface area contributed by atoms with E-state index in [9.17, 15) is 5.11 Å². The minimum Gasteiger partial charge on any atom is -0.508 e. The summed E-state index contributed by atoms with van der Waals surface area (Å²) in [7, 11) is 3.36. The quantitative estimate of drug-likeness (QED) is 0.614. The normalized spacial score (nSPS) is 15.9. The van der Waals surface area contributed by atoms with Crippen molar-refractivity contribution in [2.24, 2.45) is 4.99 Å². The maximum absolute atomic E-state index is 9.64. The zero-order chi connectivity index (χ0) is 19.5. The van der Waals surface area contributed by atoms with Gasteiger partial charge in [0.05, 0.1) is 24.8 Å². The topological polar surface area (TPSA) is 51.0 Å². The van der Waals surface area contributed by atoms with E-state index in [-0.39, 0.29) is 11.0 Å². The molecule has 142 valence electrons. The van der Waals surface area contributed by atoms with Crippen molar-refractivity contribution >= 4 is 23.2 Å². The van der Waals surface area contributed by atoms with Crippen molar-refractivity contribution in [2.45, 2.75) is 16.6 Å². The van der Waals surface area contributed by atoms with Gasteiger partial charge in [-0.05, 0) is 59.7 Å². The van der Waals surface area contributed by atoms with Crippen molar-refractivity contribution in [3.8, 4) is 17.2 Å². The van der Waals surface area contributed by atoms with Gasteiger partial charge in [-0.2, -0.15) is 0 Å². The second-order valence-corrected chi connectivity index (χ2v) is 7.71. The molecular weight excluding hydrogens is 370 g/mol. The Hall–Kier alpha value is -2.92. The van der Waals surface area contributed by atoms with E-state index in [1.54, 1.807) is 38.1 Å². The molecule has 0 aromatic heterocycles. The number of aliphatic imine (C=N–C) groups is 1. The molecule has 4 rings (SSSR count). The summed E-state index contributed by atoms with van der Waals surface area (Å²) in [6.45, 7) is 0. The highest BCUT2D eigenvalue weighted by molar-refractivity contribution is 7.99. The van der Waals surface area contributed by atoms with E-state index in [1.165, 1.54) is 5.56 Å². The number of hydrogen-bond donors (Lipinski definition) is 1. The van der Waals surface area contributed by atoms with E-state index in [0.29, 0.717) is 0 Å². The fourth-order valence-corrected chi connectivity index (χ4v) is 4.58. The van der Waals surface area contributed by atoms with Crippen LogP contribution in [-0.2, 0) is 0 Å². The highest BCUT2D eigenvalue weighted by Crippen LogP contribution is 2.49. The molecule has 0 fully saturated rings. The van der Waals surface area contributed by atoms with E-state index in [4.69, 9.17) is 14.5 Å². The number of methoxy groups -OCH3 is 2. The monoisotopic (exact) mass is 391 g/mol. The Morgan fingerprint density at radius 2 is 1.68 bits per heavy atom. The fourth-order valence-electron chi connectivity index (χ4n) is 3.26. The van der Waals surface area contributed by atoms with E-state index < -0.39 is 0 Å². The Labute approximate surface area is 168 Å². The van der Waals surface area contributed by atoms with Crippen molar-refractivity contribution < 1.29 is 14.6 Å². The Morgan fingerprint density at radius 3 is 2.36 bits per heavy atom. The lowest BCUT2D eigenvalue weighted by molar-refractivity contribution is 0.405. The number of phenols is 1. The van der Waals surface area contributed by atoms with Crippen LogP contribution in [0.2, 0.25) is 0 Å². The molecule has 0 spiro atoms. The van der Waals surface area contributed by atoms with Crippen LogP contribution in [0.1, 0.15) is 22.8 Å². The number of ether oxygens (including phenoxy) is 2. The van der Waals surface area contributed by atoms with Crippen LogP contribution in [0, 0.1) is 0 Å². The summed E-state index contributed by atoms with van der Waals surface area (Å²) in [5.74, 6) is 1.92. The van der Waals surface area contributed by atoms with Crippen LogP contribution in [0.4, 0.5) is 5.69 Å². The van der Waals surface area contributed by atoms with Crippen molar-refractivity contribution in [1.29, 1.82) is 0 Å². The van der Waals surface area contributed by atoms with E-state index >= 15 is 0 Å². The number of nitrogens with zero attached hydrogens (tertiary/aromatic N) is 1. The number of hydrogen-bond acceptors (Lipinski definition) is 5. The third-order valence-corrected chi connectivity index (χ3v) is 6.13. The van der Waals surface area contributed by atoms with Gasteiger partial charge in [0, 0.05) is 17.4 Å². The largest absolute Gasteiger partial charge is 0.508 e. The number of rotatable bonds is 4. The van der Waals surface area contributed by atoms with Gasteiger partial charge in [-0.1, -0.05) is 18.2 Å². The average molecular weight is 391 g/mol. The summed E-state index contributed by atoms with van der Waals surface area (Å²) in [6, 6.07) is 21.3. The summed E-state index contributed by atoms with van der Waals surface area (Å²) in [5, 5.41) is 9.82. The van der Waals surface area contributed by atoms with Crippen LogP contribution in [0.15, 0.2) is 76.6 Å². The van der Waals surface area contributed by atoms with Gasteiger partial charge in [-0.15, -0.1) is 11.8 Å². The van der Waals surface area contributed by atoms with Gasteiger partial charge in [0.2, 0.25) is 0 Å². The number of thioether (sulfide) groups is 1. The molecule has 4 nitrogen and oxygen atoms in total. The first-order chi connectivity index (χ1) is 13.7. The van der Waals surface area contributed by atoms with Gasteiger partial charge in [0.15, 0.2) is 0 Å². The molecule has 1 N–H and O–H groups in total. The number of phenolic OH excluding ortho intramolecular Hbond substituents is 1. The van der Waals surface area contributed by atoms with E-state index in [1.807, 2.05) is 42.5 Å². The van der Waals surface area contributed by atoms with Crippen molar-refractivity contribution in [2.75, 3.05) is 14.2 Å². The molecule has 0 aliphatic carbocycles. The fraction of sp³-hybridized carbons (Fsp3) is 0.174. The molecule has 1 atom stereocenters. The van der Waals surface area contributed by atoms with Gasteiger partial charge in [-0.25, -0.2) is 0 Å². The molecule has 5 heteroatoms. The molecule has 0 saturated carbocycles. The zero-order valence-corrected chi connectivity index (χ0v) is 16.6. The summed E-state index contributed by atoms with van der Waals surface area (Å²) < 4.78 is 10.9. The lowest BCUT2D eigenvalue weighted by Gasteiger charge is -2.17. The average Bonchev–Trinajstić information content (AvgIpc) is 2.94. The first kappa shape index (κ1) is 18.4. The molecule has 3 aromatic rings. The van der Waals surface area contributed by atoms with Gasteiger partial charge >= 0.3 is 0 Å². The van der Waals surface area contributed by atoms with Gasteiger partial charge in [0.25, 0.3) is 0 Å². The van der Waals surface area contributed by atoms with E-state index in [2.05, 4.69) is 12.1 Å². The highest BCUT2D eigenvalue weighted by Gasteiger charge is 2.24. The molecule has 1 aliphatic heterocycles. The van der Waals surface area contributed by atoms with Crippen LogP contribution >= 0.6 is 11.8 Å². The minimum atomic E-state index is 0.177. The van der Waals surface area contributed by atoms with Gasteiger partial charge in [0.1, 0.15) is 17.2 Å². The third-order valence-electron chi connectivity index (χ3n) is 4.76. The number of benzene rings is 3. The smallest absolute Gasteiger partial charge is 0.134 e. The summed E-state index contributed by atoms with van der Waals surface area (Å²) in [4.78, 5) is 6.01. The Kier molecular flexibility index (Phi) is 5.26. The molecule has 1 aliphatic rings. The molecule has 0 amide bonds.